The normalized spacial score (nSPS) is 18.0. The van der Waals surface area contributed by atoms with Crippen LogP contribution in [0.25, 0.3) is 0 Å². The van der Waals surface area contributed by atoms with Crippen molar-refractivity contribution in [1.82, 2.24) is 10.2 Å². The molecule has 0 radical (unpaired) electrons. The second-order valence-corrected chi connectivity index (χ2v) is 5.77. The van der Waals surface area contributed by atoms with E-state index in [1.807, 2.05) is 11.8 Å². The van der Waals surface area contributed by atoms with Crippen molar-refractivity contribution in [2.45, 2.75) is 25.9 Å². The highest BCUT2D eigenvalue weighted by Crippen LogP contribution is 2.20. The lowest BCUT2D eigenvalue weighted by atomic mass is 10.2. The molecule has 0 unspecified atom stereocenters. The van der Waals surface area contributed by atoms with Crippen LogP contribution in [-0.4, -0.2) is 61.6 Å². The topological polar surface area (TPSA) is 71.0 Å². The molecule has 134 valence electrons. The van der Waals surface area contributed by atoms with E-state index in [9.17, 15) is 14.3 Å². The second-order valence-electron chi connectivity index (χ2n) is 5.77. The van der Waals surface area contributed by atoms with Crippen molar-refractivity contribution < 1.29 is 23.8 Å². The number of hydrogen-bond donors (Lipinski definition) is 2. The molecular formula is C17H25FN2O4. The minimum atomic E-state index is -0.605. The number of amides is 1. The van der Waals surface area contributed by atoms with E-state index >= 15 is 0 Å². The largest absolute Gasteiger partial charge is 0.477 e. The van der Waals surface area contributed by atoms with Gasteiger partial charge in [0.2, 0.25) is 0 Å². The van der Waals surface area contributed by atoms with Gasteiger partial charge in [-0.2, -0.15) is 0 Å². The molecular weight excluding hydrogens is 315 g/mol. The van der Waals surface area contributed by atoms with Crippen LogP contribution in [0.2, 0.25) is 0 Å². The maximum atomic E-state index is 13.4. The Bertz CT molecular complexity index is 541. The average Bonchev–Trinajstić information content (AvgIpc) is 2.60. The van der Waals surface area contributed by atoms with Crippen LogP contribution in [0.4, 0.5) is 4.39 Å². The van der Waals surface area contributed by atoms with E-state index in [1.165, 1.54) is 18.2 Å². The van der Waals surface area contributed by atoms with Crippen LogP contribution >= 0.6 is 0 Å². The Morgan fingerprint density at radius 2 is 2.29 bits per heavy atom. The summed E-state index contributed by atoms with van der Waals surface area (Å²) in [6.45, 7) is 4.59. The van der Waals surface area contributed by atoms with Crippen LogP contribution in [0.5, 0.6) is 5.75 Å². The number of carbonyl (C=O) groups excluding carboxylic acids is 1. The number of aliphatic hydroxyl groups is 1. The predicted octanol–water partition coefficient (Wildman–Crippen LogP) is 1.38. The molecule has 0 spiro atoms. The lowest BCUT2D eigenvalue weighted by molar-refractivity contribution is 0.00520. The highest BCUT2D eigenvalue weighted by molar-refractivity contribution is 5.96. The summed E-state index contributed by atoms with van der Waals surface area (Å²) in [6, 6.07) is 3.90. The fraction of sp³-hybridized carbons (Fsp3) is 0.588. The SMILES string of the molecule is CCOC[C@@H](O)CN1CCCCNC(=O)c2cc(F)ccc2OC1. The number of hydrogen-bond acceptors (Lipinski definition) is 5. The summed E-state index contributed by atoms with van der Waals surface area (Å²) < 4.78 is 24.4. The van der Waals surface area contributed by atoms with Gasteiger partial charge in [0, 0.05) is 26.2 Å². The molecule has 0 bridgehead atoms. The third-order valence-corrected chi connectivity index (χ3v) is 3.76. The predicted molar refractivity (Wildman–Crippen MR) is 87.5 cm³/mol. The van der Waals surface area contributed by atoms with Gasteiger partial charge in [0.05, 0.1) is 18.3 Å². The molecule has 0 aliphatic carbocycles. The number of halogens is 1. The van der Waals surface area contributed by atoms with E-state index < -0.39 is 11.9 Å². The molecule has 24 heavy (non-hydrogen) atoms. The Morgan fingerprint density at radius 3 is 3.08 bits per heavy atom. The Balaban J connectivity index is 2.06. The van der Waals surface area contributed by atoms with Gasteiger partial charge in [0.1, 0.15) is 18.3 Å². The van der Waals surface area contributed by atoms with Crippen LogP contribution in [0.3, 0.4) is 0 Å². The van der Waals surface area contributed by atoms with Crippen molar-refractivity contribution >= 4 is 5.91 Å². The second kappa shape index (κ2) is 9.56. The van der Waals surface area contributed by atoms with E-state index in [2.05, 4.69) is 5.32 Å². The summed E-state index contributed by atoms with van der Waals surface area (Å²) >= 11 is 0. The van der Waals surface area contributed by atoms with E-state index in [1.54, 1.807) is 0 Å². The van der Waals surface area contributed by atoms with Gasteiger partial charge in [-0.05, 0) is 38.0 Å². The number of aliphatic hydroxyl groups excluding tert-OH is 1. The van der Waals surface area contributed by atoms with Crippen molar-refractivity contribution in [3.8, 4) is 5.75 Å². The molecule has 6 nitrogen and oxygen atoms in total. The van der Waals surface area contributed by atoms with Crippen LogP contribution in [0.15, 0.2) is 18.2 Å². The van der Waals surface area contributed by atoms with Crippen LogP contribution in [-0.2, 0) is 4.74 Å². The first-order valence-electron chi connectivity index (χ1n) is 8.29. The first-order valence-corrected chi connectivity index (χ1v) is 8.29. The standard InChI is InChI=1S/C17H25FN2O4/c1-2-23-11-14(21)10-20-8-4-3-7-19-17(22)15-9-13(18)5-6-16(15)24-12-20/h5-6,9,14,21H,2-4,7-8,10-12H2,1H3,(H,19,22)/t14-/m0/s1. The summed E-state index contributed by atoms with van der Waals surface area (Å²) in [5.41, 5.74) is 0.187. The van der Waals surface area contributed by atoms with Crippen LogP contribution in [0, 0.1) is 5.82 Å². The molecule has 1 amide bonds. The number of ether oxygens (including phenoxy) is 2. The van der Waals surface area contributed by atoms with Crippen molar-refractivity contribution in [2.75, 3.05) is 39.6 Å². The van der Waals surface area contributed by atoms with Crippen molar-refractivity contribution in [3.63, 3.8) is 0 Å². The van der Waals surface area contributed by atoms with Gasteiger partial charge >= 0.3 is 0 Å². The molecule has 2 N–H and O–H groups in total. The number of nitrogens with zero attached hydrogens (tertiary/aromatic N) is 1. The molecule has 0 fully saturated rings. The molecule has 0 saturated carbocycles. The van der Waals surface area contributed by atoms with Gasteiger partial charge in [-0.1, -0.05) is 0 Å². The van der Waals surface area contributed by atoms with Gasteiger partial charge in [0.15, 0.2) is 0 Å². The maximum Gasteiger partial charge on any atom is 0.255 e. The van der Waals surface area contributed by atoms with Crippen molar-refractivity contribution in [1.29, 1.82) is 0 Å². The van der Waals surface area contributed by atoms with Crippen molar-refractivity contribution in [2.24, 2.45) is 0 Å². The zero-order valence-corrected chi connectivity index (χ0v) is 14.0. The first kappa shape index (κ1) is 18.6. The highest BCUT2D eigenvalue weighted by atomic mass is 19.1. The quantitative estimate of drug-likeness (QED) is 0.847. The van der Waals surface area contributed by atoms with E-state index in [-0.39, 0.29) is 24.8 Å². The fourth-order valence-corrected chi connectivity index (χ4v) is 2.54. The Morgan fingerprint density at radius 1 is 1.46 bits per heavy atom. The third-order valence-electron chi connectivity index (χ3n) is 3.76. The van der Waals surface area contributed by atoms with E-state index in [0.717, 1.165) is 19.4 Å². The van der Waals surface area contributed by atoms with Gasteiger partial charge in [0.25, 0.3) is 5.91 Å². The van der Waals surface area contributed by atoms with Gasteiger partial charge in [-0.3, -0.25) is 9.69 Å². The zero-order chi connectivity index (χ0) is 17.4. The minimum absolute atomic E-state index is 0.187. The molecule has 1 aliphatic heterocycles. The Hall–Kier alpha value is -1.70. The van der Waals surface area contributed by atoms with Gasteiger partial charge in [-0.25, -0.2) is 4.39 Å². The smallest absolute Gasteiger partial charge is 0.255 e. The van der Waals surface area contributed by atoms with Crippen molar-refractivity contribution in [3.05, 3.63) is 29.6 Å². The fourth-order valence-electron chi connectivity index (χ4n) is 2.54. The molecule has 7 heteroatoms. The maximum absolute atomic E-state index is 13.4. The summed E-state index contributed by atoms with van der Waals surface area (Å²) in [5, 5.41) is 12.8. The van der Waals surface area contributed by atoms with Crippen LogP contribution in [0.1, 0.15) is 30.1 Å². The number of rotatable bonds is 5. The molecule has 1 heterocycles. The number of β-amino-alcohol motifs (C(OH)–C–C–N with tert-alkyl or cyclic N) is 1. The minimum Gasteiger partial charge on any atom is -0.477 e. The number of fused-ring (bicyclic) bond motifs is 1. The Kier molecular flexibility index (Phi) is 7.42. The summed E-state index contributed by atoms with van der Waals surface area (Å²) in [6.07, 6.45) is 1.05. The molecule has 1 aromatic carbocycles. The monoisotopic (exact) mass is 340 g/mol. The average molecular weight is 340 g/mol. The van der Waals surface area contributed by atoms with Gasteiger partial charge in [-0.15, -0.1) is 0 Å². The molecule has 2 rings (SSSR count). The summed E-state index contributed by atoms with van der Waals surface area (Å²) in [4.78, 5) is 14.1. The third kappa shape index (κ3) is 5.74. The summed E-state index contributed by atoms with van der Waals surface area (Å²) in [7, 11) is 0. The van der Waals surface area contributed by atoms with Crippen LogP contribution < -0.4 is 10.1 Å². The molecule has 0 saturated heterocycles. The Labute approximate surface area is 141 Å². The number of nitrogens with one attached hydrogen (secondary N) is 1. The molecule has 1 atom stereocenters. The number of carbonyl (C=O) groups is 1. The summed E-state index contributed by atoms with van der Waals surface area (Å²) in [5.74, 6) is -0.485. The zero-order valence-electron chi connectivity index (χ0n) is 14.0. The lowest BCUT2D eigenvalue weighted by Gasteiger charge is -2.25. The number of benzene rings is 1. The first-order chi connectivity index (χ1) is 11.6. The lowest BCUT2D eigenvalue weighted by Crippen LogP contribution is -2.38. The molecule has 0 aromatic heterocycles. The molecule has 1 aromatic rings. The highest BCUT2D eigenvalue weighted by Gasteiger charge is 2.18. The van der Waals surface area contributed by atoms with E-state index in [4.69, 9.17) is 9.47 Å². The molecule has 1 aliphatic rings. The van der Waals surface area contributed by atoms with Gasteiger partial charge < -0.3 is 19.9 Å². The van der Waals surface area contributed by atoms with E-state index in [0.29, 0.717) is 25.4 Å².